The van der Waals surface area contributed by atoms with E-state index >= 15 is 0 Å². The largest absolute Gasteiger partial charge is 0.479 e. The van der Waals surface area contributed by atoms with E-state index in [4.69, 9.17) is 5.11 Å². The van der Waals surface area contributed by atoms with Gasteiger partial charge < -0.3 is 15.5 Å². The fourth-order valence-electron chi connectivity index (χ4n) is 1.61. The summed E-state index contributed by atoms with van der Waals surface area (Å²) in [5.74, 6) is -2.27. The lowest BCUT2D eigenvalue weighted by Gasteiger charge is -2.18. The predicted molar refractivity (Wildman–Crippen MR) is 72.1 cm³/mol. The average molecular weight is 291 g/mol. The van der Waals surface area contributed by atoms with Crippen LogP contribution < -0.4 is 10.9 Å². The molecule has 3 N–H and O–H groups in total. The van der Waals surface area contributed by atoms with Gasteiger partial charge in [0.05, 0.1) is 6.54 Å². The number of carboxylic acids is 1. The standard InChI is InChI=1S/C13H13N3O5/c1-13(21,12(19)20)7-15-10(17)8-6-14-9-4-2-3-5-16(9)11(8)18/h2-6,21H,7H2,1H3,(H,15,17)(H,19,20). The highest BCUT2D eigenvalue weighted by molar-refractivity contribution is 5.94. The Morgan fingerprint density at radius 2 is 2.14 bits per heavy atom. The number of rotatable bonds is 4. The number of carbonyl (C=O) groups is 2. The molecule has 0 aliphatic carbocycles. The summed E-state index contributed by atoms with van der Waals surface area (Å²) >= 11 is 0. The SMILES string of the molecule is CC(O)(CNC(=O)c1cnc2ccccn2c1=O)C(=O)O. The summed E-state index contributed by atoms with van der Waals surface area (Å²) < 4.78 is 1.20. The van der Waals surface area contributed by atoms with Gasteiger partial charge in [0.15, 0.2) is 5.60 Å². The van der Waals surface area contributed by atoms with Crippen molar-refractivity contribution in [3.8, 4) is 0 Å². The first kappa shape index (κ1) is 14.7. The number of hydrogen-bond acceptors (Lipinski definition) is 5. The maximum Gasteiger partial charge on any atom is 0.337 e. The van der Waals surface area contributed by atoms with Crippen LogP contribution in [0.1, 0.15) is 17.3 Å². The van der Waals surface area contributed by atoms with Crippen LogP contribution in [0, 0.1) is 0 Å². The Morgan fingerprint density at radius 3 is 2.81 bits per heavy atom. The first-order chi connectivity index (χ1) is 9.83. The molecular weight excluding hydrogens is 278 g/mol. The molecule has 0 aromatic carbocycles. The molecule has 1 unspecified atom stereocenters. The fourth-order valence-corrected chi connectivity index (χ4v) is 1.61. The number of carbonyl (C=O) groups excluding carboxylic acids is 1. The Kier molecular flexibility index (Phi) is 3.72. The molecule has 2 aromatic rings. The fraction of sp³-hybridized carbons (Fsp3) is 0.231. The Hall–Kier alpha value is -2.74. The van der Waals surface area contributed by atoms with E-state index in [0.29, 0.717) is 5.65 Å². The lowest BCUT2D eigenvalue weighted by atomic mass is 10.1. The molecule has 110 valence electrons. The predicted octanol–water partition coefficient (Wildman–Crippen LogP) is -0.740. The van der Waals surface area contributed by atoms with Crippen molar-refractivity contribution in [2.75, 3.05) is 6.54 Å². The van der Waals surface area contributed by atoms with E-state index in [1.54, 1.807) is 18.2 Å². The molecule has 0 bridgehead atoms. The van der Waals surface area contributed by atoms with E-state index in [9.17, 15) is 19.5 Å². The molecule has 1 amide bonds. The van der Waals surface area contributed by atoms with Gasteiger partial charge in [-0.3, -0.25) is 14.0 Å². The second kappa shape index (κ2) is 5.33. The minimum Gasteiger partial charge on any atom is -0.479 e. The molecule has 8 heteroatoms. The highest BCUT2D eigenvalue weighted by atomic mass is 16.4. The number of carboxylic acid groups (broad SMARTS) is 1. The summed E-state index contributed by atoms with van der Waals surface area (Å²) in [5, 5.41) is 20.5. The Morgan fingerprint density at radius 1 is 1.43 bits per heavy atom. The number of nitrogens with zero attached hydrogens (tertiary/aromatic N) is 2. The first-order valence-corrected chi connectivity index (χ1v) is 6.03. The van der Waals surface area contributed by atoms with Gasteiger partial charge in [-0.2, -0.15) is 0 Å². The summed E-state index contributed by atoms with van der Waals surface area (Å²) in [6.45, 7) is 0.513. The molecule has 0 fully saturated rings. The Bertz CT molecular complexity index is 766. The zero-order valence-electron chi connectivity index (χ0n) is 11.1. The molecule has 2 heterocycles. The summed E-state index contributed by atoms with van der Waals surface area (Å²) in [5.41, 5.74) is -2.54. The summed E-state index contributed by atoms with van der Waals surface area (Å²) in [7, 11) is 0. The molecule has 2 aromatic heterocycles. The number of pyridine rings is 1. The first-order valence-electron chi connectivity index (χ1n) is 6.03. The number of hydrogen-bond donors (Lipinski definition) is 3. The third-order valence-electron chi connectivity index (χ3n) is 2.91. The van der Waals surface area contributed by atoms with E-state index in [0.717, 1.165) is 13.1 Å². The molecule has 2 rings (SSSR count). The number of nitrogens with one attached hydrogen (secondary N) is 1. The van der Waals surface area contributed by atoms with E-state index in [-0.39, 0.29) is 5.56 Å². The van der Waals surface area contributed by atoms with Crippen molar-refractivity contribution < 1.29 is 19.8 Å². The van der Waals surface area contributed by atoms with E-state index in [1.807, 2.05) is 0 Å². The minimum absolute atomic E-state index is 0.236. The van der Waals surface area contributed by atoms with Crippen molar-refractivity contribution in [3.63, 3.8) is 0 Å². The summed E-state index contributed by atoms with van der Waals surface area (Å²) in [4.78, 5) is 38.7. The van der Waals surface area contributed by atoms with Crippen molar-refractivity contribution in [1.82, 2.24) is 14.7 Å². The normalized spacial score (nSPS) is 13.6. The van der Waals surface area contributed by atoms with Gasteiger partial charge in [0, 0.05) is 12.4 Å². The van der Waals surface area contributed by atoms with Gasteiger partial charge >= 0.3 is 5.97 Å². The molecule has 0 saturated carbocycles. The number of aliphatic hydroxyl groups is 1. The molecule has 8 nitrogen and oxygen atoms in total. The number of fused-ring (bicyclic) bond motifs is 1. The van der Waals surface area contributed by atoms with Crippen LogP contribution in [0.3, 0.4) is 0 Å². The average Bonchev–Trinajstić information content (AvgIpc) is 2.45. The van der Waals surface area contributed by atoms with Crippen molar-refractivity contribution in [3.05, 3.63) is 46.5 Å². The minimum atomic E-state index is -2.11. The lowest BCUT2D eigenvalue weighted by molar-refractivity contribution is -0.155. The van der Waals surface area contributed by atoms with E-state index in [2.05, 4.69) is 10.3 Å². The van der Waals surface area contributed by atoms with Gasteiger partial charge in [0.2, 0.25) is 0 Å². The lowest BCUT2D eigenvalue weighted by Crippen LogP contribution is -2.47. The Labute approximate surface area is 118 Å². The van der Waals surface area contributed by atoms with Crippen LogP contribution in [-0.4, -0.2) is 43.6 Å². The number of aliphatic carboxylic acids is 1. The van der Waals surface area contributed by atoms with Crippen LogP contribution in [0.4, 0.5) is 0 Å². The van der Waals surface area contributed by atoms with Crippen molar-refractivity contribution >= 4 is 17.5 Å². The van der Waals surface area contributed by atoms with Crippen LogP contribution in [0.2, 0.25) is 0 Å². The maximum atomic E-state index is 12.1. The van der Waals surface area contributed by atoms with Gasteiger partial charge in [-0.1, -0.05) is 6.07 Å². The van der Waals surface area contributed by atoms with Crippen LogP contribution >= 0.6 is 0 Å². The monoisotopic (exact) mass is 291 g/mol. The maximum absolute atomic E-state index is 12.1. The van der Waals surface area contributed by atoms with Gasteiger partial charge in [-0.25, -0.2) is 9.78 Å². The number of amides is 1. The summed E-state index contributed by atoms with van der Waals surface area (Å²) in [6, 6.07) is 4.93. The molecule has 21 heavy (non-hydrogen) atoms. The highest BCUT2D eigenvalue weighted by Gasteiger charge is 2.30. The van der Waals surface area contributed by atoms with Crippen LogP contribution in [-0.2, 0) is 4.79 Å². The molecule has 0 radical (unpaired) electrons. The quantitative estimate of drug-likeness (QED) is 0.682. The van der Waals surface area contributed by atoms with Crippen LogP contribution in [0.5, 0.6) is 0 Å². The van der Waals surface area contributed by atoms with Crippen LogP contribution in [0.25, 0.3) is 5.65 Å². The molecule has 0 aliphatic heterocycles. The molecule has 0 saturated heterocycles. The van der Waals surface area contributed by atoms with Gasteiger partial charge in [-0.15, -0.1) is 0 Å². The topological polar surface area (TPSA) is 121 Å². The van der Waals surface area contributed by atoms with Gasteiger partial charge in [0.25, 0.3) is 11.5 Å². The third kappa shape index (κ3) is 2.90. The van der Waals surface area contributed by atoms with Gasteiger partial charge in [0.1, 0.15) is 11.2 Å². The van der Waals surface area contributed by atoms with Crippen molar-refractivity contribution in [2.24, 2.45) is 0 Å². The van der Waals surface area contributed by atoms with Crippen LogP contribution in [0.15, 0.2) is 35.4 Å². The van der Waals surface area contributed by atoms with Crippen molar-refractivity contribution in [2.45, 2.75) is 12.5 Å². The molecule has 0 aliphatic rings. The second-order valence-electron chi connectivity index (χ2n) is 4.67. The Balaban J connectivity index is 2.27. The molecule has 0 spiro atoms. The number of aromatic nitrogens is 2. The van der Waals surface area contributed by atoms with Gasteiger partial charge in [-0.05, 0) is 19.1 Å². The van der Waals surface area contributed by atoms with E-state index < -0.39 is 29.6 Å². The smallest absolute Gasteiger partial charge is 0.337 e. The molecular formula is C13H13N3O5. The zero-order chi connectivity index (χ0) is 15.6. The third-order valence-corrected chi connectivity index (χ3v) is 2.91. The van der Waals surface area contributed by atoms with E-state index in [1.165, 1.54) is 10.6 Å². The zero-order valence-corrected chi connectivity index (χ0v) is 11.1. The highest BCUT2D eigenvalue weighted by Crippen LogP contribution is 2.02. The second-order valence-corrected chi connectivity index (χ2v) is 4.67. The molecule has 1 atom stereocenters. The summed E-state index contributed by atoms with van der Waals surface area (Å²) in [6.07, 6.45) is 2.58. The van der Waals surface area contributed by atoms with Crippen molar-refractivity contribution in [1.29, 1.82) is 0 Å².